The smallest absolute Gasteiger partial charge is 0.104 e. The molecule has 0 spiro atoms. The molecule has 0 bridgehead atoms. The second kappa shape index (κ2) is 6.42. The molecule has 0 aliphatic carbocycles. The highest BCUT2D eigenvalue weighted by atomic mass is 32.1. The van der Waals surface area contributed by atoms with Gasteiger partial charge in [0.15, 0.2) is 0 Å². The fourth-order valence-corrected chi connectivity index (χ4v) is 3.95. The number of thiocarbonyl (C=S) groups is 1. The molecule has 0 radical (unpaired) electrons. The third kappa shape index (κ3) is 3.28. The summed E-state index contributed by atoms with van der Waals surface area (Å²) < 4.78 is 0. The van der Waals surface area contributed by atoms with Gasteiger partial charge in [0.1, 0.15) is 4.99 Å². The Labute approximate surface area is 133 Å². The SMILES string of the molecule is CC1CN2CCCCC2CN1Cc1ccccc1C(N)=S. The van der Waals surface area contributed by atoms with Crippen molar-refractivity contribution in [1.82, 2.24) is 9.80 Å². The lowest BCUT2D eigenvalue weighted by molar-refractivity contribution is 0.0111. The summed E-state index contributed by atoms with van der Waals surface area (Å²) in [5.74, 6) is 0. The average molecular weight is 303 g/mol. The van der Waals surface area contributed by atoms with Gasteiger partial charge in [-0.15, -0.1) is 0 Å². The molecule has 2 fully saturated rings. The van der Waals surface area contributed by atoms with Crippen LogP contribution in [-0.4, -0.2) is 46.5 Å². The maximum atomic E-state index is 5.87. The Kier molecular flexibility index (Phi) is 4.57. The topological polar surface area (TPSA) is 32.5 Å². The molecule has 114 valence electrons. The first-order valence-corrected chi connectivity index (χ1v) is 8.42. The molecular formula is C17H25N3S. The molecule has 2 heterocycles. The molecule has 1 aromatic rings. The van der Waals surface area contributed by atoms with Crippen molar-refractivity contribution in [2.24, 2.45) is 5.73 Å². The average Bonchev–Trinajstić information content (AvgIpc) is 2.48. The zero-order valence-corrected chi connectivity index (χ0v) is 13.6. The normalized spacial score (nSPS) is 27.3. The first-order valence-electron chi connectivity index (χ1n) is 8.01. The molecule has 0 amide bonds. The van der Waals surface area contributed by atoms with Gasteiger partial charge in [-0.2, -0.15) is 0 Å². The van der Waals surface area contributed by atoms with E-state index in [1.807, 2.05) is 12.1 Å². The van der Waals surface area contributed by atoms with Crippen molar-refractivity contribution < 1.29 is 0 Å². The summed E-state index contributed by atoms with van der Waals surface area (Å²) in [6.45, 7) is 6.95. The molecule has 3 nitrogen and oxygen atoms in total. The van der Waals surface area contributed by atoms with Crippen LogP contribution in [0.15, 0.2) is 24.3 Å². The second-order valence-electron chi connectivity index (χ2n) is 6.44. The highest BCUT2D eigenvalue weighted by Gasteiger charge is 2.32. The first-order chi connectivity index (χ1) is 10.1. The summed E-state index contributed by atoms with van der Waals surface area (Å²) in [6.07, 6.45) is 4.10. The predicted octanol–water partition coefficient (Wildman–Crippen LogP) is 2.38. The lowest BCUT2D eigenvalue weighted by Gasteiger charge is -2.47. The third-order valence-corrected chi connectivity index (χ3v) is 5.19. The number of hydrogen-bond acceptors (Lipinski definition) is 3. The Morgan fingerprint density at radius 1 is 1.29 bits per heavy atom. The van der Waals surface area contributed by atoms with Gasteiger partial charge in [0.05, 0.1) is 0 Å². The quantitative estimate of drug-likeness (QED) is 0.869. The summed E-state index contributed by atoms with van der Waals surface area (Å²) in [4.78, 5) is 5.79. The molecule has 2 aliphatic rings. The summed E-state index contributed by atoms with van der Waals surface area (Å²) in [6, 6.07) is 9.64. The van der Waals surface area contributed by atoms with Crippen molar-refractivity contribution in [1.29, 1.82) is 0 Å². The molecule has 21 heavy (non-hydrogen) atoms. The van der Waals surface area contributed by atoms with Gasteiger partial charge in [-0.1, -0.05) is 42.9 Å². The minimum Gasteiger partial charge on any atom is -0.389 e. The van der Waals surface area contributed by atoms with Crippen LogP contribution in [0.25, 0.3) is 0 Å². The van der Waals surface area contributed by atoms with E-state index in [0.717, 1.165) is 18.2 Å². The van der Waals surface area contributed by atoms with Crippen LogP contribution in [0, 0.1) is 0 Å². The zero-order valence-electron chi connectivity index (χ0n) is 12.8. The van der Waals surface area contributed by atoms with Crippen molar-refractivity contribution in [3.63, 3.8) is 0 Å². The monoisotopic (exact) mass is 303 g/mol. The number of rotatable bonds is 3. The second-order valence-corrected chi connectivity index (χ2v) is 6.88. The van der Waals surface area contributed by atoms with E-state index >= 15 is 0 Å². The predicted molar refractivity (Wildman–Crippen MR) is 91.4 cm³/mol. The number of fused-ring (bicyclic) bond motifs is 1. The van der Waals surface area contributed by atoms with Crippen molar-refractivity contribution in [3.8, 4) is 0 Å². The number of benzene rings is 1. The zero-order chi connectivity index (χ0) is 14.8. The van der Waals surface area contributed by atoms with Crippen molar-refractivity contribution in [2.75, 3.05) is 19.6 Å². The summed E-state index contributed by atoms with van der Waals surface area (Å²) in [5, 5.41) is 0. The molecule has 2 aliphatic heterocycles. The Morgan fingerprint density at radius 3 is 2.90 bits per heavy atom. The van der Waals surface area contributed by atoms with Gasteiger partial charge < -0.3 is 5.73 Å². The van der Waals surface area contributed by atoms with Gasteiger partial charge in [0.2, 0.25) is 0 Å². The van der Waals surface area contributed by atoms with Gasteiger partial charge >= 0.3 is 0 Å². The highest BCUT2D eigenvalue weighted by Crippen LogP contribution is 2.25. The Balaban J connectivity index is 1.74. The maximum Gasteiger partial charge on any atom is 0.104 e. The molecule has 1 aromatic carbocycles. The molecule has 2 atom stereocenters. The van der Waals surface area contributed by atoms with E-state index in [2.05, 4.69) is 28.9 Å². The van der Waals surface area contributed by atoms with Crippen LogP contribution in [0.2, 0.25) is 0 Å². The fourth-order valence-electron chi connectivity index (χ4n) is 3.75. The number of nitrogens with zero attached hydrogens (tertiary/aromatic N) is 2. The maximum absolute atomic E-state index is 5.87. The van der Waals surface area contributed by atoms with Gasteiger partial charge in [-0.05, 0) is 31.9 Å². The highest BCUT2D eigenvalue weighted by molar-refractivity contribution is 7.80. The van der Waals surface area contributed by atoms with Crippen molar-refractivity contribution >= 4 is 17.2 Å². The Bertz CT molecular complexity index is 517. The van der Waals surface area contributed by atoms with Gasteiger partial charge in [0.25, 0.3) is 0 Å². The summed E-state index contributed by atoms with van der Waals surface area (Å²) in [5.41, 5.74) is 8.16. The minimum absolute atomic E-state index is 0.509. The molecule has 0 saturated carbocycles. The van der Waals surface area contributed by atoms with Crippen LogP contribution in [0.3, 0.4) is 0 Å². The van der Waals surface area contributed by atoms with Crippen molar-refractivity contribution in [2.45, 2.75) is 44.8 Å². The molecular weight excluding hydrogens is 278 g/mol. The van der Waals surface area contributed by atoms with E-state index in [1.54, 1.807) is 0 Å². The van der Waals surface area contributed by atoms with E-state index in [4.69, 9.17) is 18.0 Å². The van der Waals surface area contributed by atoms with Crippen LogP contribution >= 0.6 is 12.2 Å². The van der Waals surface area contributed by atoms with Gasteiger partial charge in [-0.3, -0.25) is 9.80 Å². The van der Waals surface area contributed by atoms with Crippen LogP contribution in [-0.2, 0) is 6.54 Å². The van der Waals surface area contributed by atoms with Crippen LogP contribution < -0.4 is 5.73 Å². The largest absolute Gasteiger partial charge is 0.389 e. The summed E-state index contributed by atoms with van der Waals surface area (Å²) >= 11 is 5.19. The van der Waals surface area contributed by atoms with Crippen molar-refractivity contribution in [3.05, 3.63) is 35.4 Å². The van der Waals surface area contributed by atoms with E-state index in [0.29, 0.717) is 11.0 Å². The number of hydrogen-bond donors (Lipinski definition) is 1. The molecule has 2 N–H and O–H groups in total. The Hall–Kier alpha value is -0.970. The van der Waals surface area contributed by atoms with E-state index in [9.17, 15) is 0 Å². The van der Waals surface area contributed by atoms with E-state index < -0.39 is 0 Å². The standard InChI is InChI=1S/C17H25N3S/c1-13-10-19-9-5-4-7-15(19)12-20(13)11-14-6-2-3-8-16(14)17(18)21/h2-3,6,8,13,15H,4-5,7,9-12H2,1H3,(H2,18,21). The van der Waals surface area contributed by atoms with Crippen LogP contribution in [0.1, 0.15) is 37.3 Å². The fraction of sp³-hybridized carbons (Fsp3) is 0.588. The van der Waals surface area contributed by atoms with E-state index in [1.165, 1.54) is 44.5 Å². The van der Waals surface area contributed by atoms with E-state index in [-0.39, 0.29) is 0 Å². The molecule has 2 saturated heterocycles. The molecule has 4 heteroatoms. The lowest BCUT2D eigenvalue weighted by Crippen LogP contribution is -2.58. The molecule has 2 unspecified atom stereocenters. The number of piperazine rings is 1. The Morgan fingerprint density at radius 2 is 2.10 bits per heavy atom. The lowest BCUT2D eigenvalue weighted by atomic mass is 9.96. The third-order valence-electron chi connectivity index (χ3n) is 4.97. The molecule has 3 rings (SSSR count). The summed E-state index contributed by atoms with van der Waals surface area (Å²) in [7, 11) is 0. The molecule has 0 aromatic heterocycles. The number of nitrogens with two attached hydrogens (primary N) is 1. The first kappa shape index (κ1) is 14.9. The van der Waals surface area contributed by atoms with Crippen LogP contribution in [0.5, 0.6) is 0 Å². The number of piperidine rings is 1. The van der Waals surface area contributed by atoms with Gasteiger partial charge in [-0.25, -0.2) is 0 Å². The van der Waals surface area contributed by atoms with Crippen LogP contribution in [0.4, 0.5) is 0 Å². The minimum atomic E-state index is 0.509. The van der Waals surface area contributed by atoms with Gasteiger partial charge in [0, 0.05) is 37.3 Å².